The zero-order valence-corrected chi connectivity index (χ0v) is 14.1. The summed E-state index contributed by atoms with van der Waals surface area (Å²) >= 11 is 1.48. The summed E-state index contributed by atoms with van der Waals surface area (Å²) in [4.78, 5) is 17.5. The predicted octanol–water partition coefficient (Wildman–Crippen LogP) is 4.51. The first-order valence-corrected chi connectivity index (χ1v) is 8.28. The summed E-state index contributed by atoms with van der Waals surface area (Å²) in [6.07, 6.45) is 3.84. The molecule has 2 aromatic carbocycles. The van der Waals surface area contributed by atoms with Gasteiger partial charge in [-0.05, 0) is 42.5 Å². The number of allylic oxidation sites excluding steroid dienone is 1. The molecule has 0 bridgehead atoms. The molecule has 3 aromatic rings. The molecular weight excluding hydrogens is 322 g/mol. The number of nitrogens with one attached hydrogen (secondary N) is 1. The lowest BCUT2D eigenvalue weighted by atomic mass is 10.1. The van der Waals surface area contributed by atoms with Gasteiger partial charge in [0.1, 0.15) is 11.5 Å². The Bertz CT molecular complexity index is 987. The van der Waals surface area contributed by atoms with E-state index >= 15 is 0 Å². The molecule has 0 saturated heterocycles. The highest BCUT2D eigenvalue weighted by Gasteiger charge is 2.26. The number of methoxy groups -OCH3 is 2. The Morgan fingerprint density at radius 1 is 1.04 bits per heavy atom. The molecule has 0 aliphatic carbocycles. The van der Waals surface area contributed by atoms with Gasteiger partial charge in [0.2, 0.25) is 5.78 Å². The quantitative estimate of drug-likeness (QED) is 0.714. The van der Waals surface area contributed by atoms with Crippen molar-refractivity contribution in [3.63, 3.8) is 0 Å². The lowest BCUT2D eigenvalue weighted by Crippen LogP contribution is -1.94. The smallest absolute Gasteiger partial charge is 0.200 e. The van der Waals surface area contributed by atoms with Gasteiger partial charge >= 0.3 is 0 Å². The van der Waals surface area contributed by atoms with Crippen molar-refractivity contribution in [2.45, 2.75) is 4.90 Å². The Morgan fingerprint density at radius 3 is 2.58 bits per heavy atom. The molecule has 1 N–H and O–H groups in total. The van der Waals surface area contributed by atoms with Crippen LogP contribution in [0.3, 0.4) is 0 Å². The molecule has 0 amide bonds. The van der Waals surface area contributed by atoms with Crippen LogP contribution >= 0.6 is 11.8 Å². The molecule has 0 spiro atoms. The summed E-state index contributed by atoms with van der Waals surface area (Å²) in [7, 11) is 3.27. The number of aromatic nitrogens is 1. The summed E-state index contributed by atoms with van der Waals surface area (Å²) in [5, 5.41) is 1.03. The first-order valence-electron chi connectivity index (χ1n) is 7.47. The molecular formula is C19H15NO3S. The Morgan fingerprint density at radius 2 is 1.79 bits per heavy atom. The van der Waals surface area contributed by atoms with E-state index in [1.165, 1.54) is 11.8 Å². The standard InChI is InChI=1S/C19H15NO3S/c1-22-12-4-6-16-15(8-12)11(10-20-16)7-18-19(21)14-5-3-13(23-2)9-17(14)24-18/h3-10,20H,1-2H3/b18-7+. The molecule has 0 fully saturated rings. The minimum absolute atomic E-state index is 0.0508. The highest BCUT2D eigenvalue weighted by atomic mass is 32.2. The number of carbonyl (C=O) groups excluding carboxylic acids is 1. The molecule has 0 radical (unpaired) electrons. The van der Waals surface area contributed by atoms with Crippen molar-refractivity contribution in [1.29, 1.82) is 0 Å². The second-order valence-corrected chi connectivity index (χ2v) is 6.54. The lowest BCUT2D eigenvalue weighted by Gasteiger charge is -2.00. The van der Waals surface area contributed by atoms with Crippen molar-refractivity contribution in [1.82, 2.24) is 4.98 Å². The van der Waals surface area contributed by atoms with E-state index in [4.69, 9.17) is 9.47 Å². The number of H-pyrrole nitrogens is 1. The van der Waals surface area contributed by atoms with Gasteiger partial charge in [-0.2, -0.15) is 0 Å². The van der Waals surface area contributed by atoms with Crippen molar-refractivity contribution in [2.75, 3.05) is 14.2 Å². The van der Waals surface area contributed by atoms with E-state index in [1.807, 2.05) is 48.7 Å². The van der Waals surface area contributed by atoms with Crippen LogP contribution in [0.5, 0.6) is 11.5 Å². The van der Waals surface area contributed by atoms with Gasteiger partial charge in [0, 0.05) is 33.1 Å². The first-order chi connectivity index (χ1) is 11.7. The lowest BCUT2D eigenvalue weighted by molar-refractivity contribution is 0.104. The summed E-state index contributed by atoms with van der Waals surface area (Å²) < 4.78 is 10.5. The molecule has 5 heteroatoms. The number of rotatable bonds is 3. The van der Waals surface area contributed by atoms with Gasteiger partial charge in [0.05, 0.1) is 19.1 Å². The monoisotopic (exact) mass is 337 g/mol. The van der Waals surface area contributed by atoms with Gasteiger partial charge in [-0.15, -0.1) is 0 Å². The van der Waals surface area contributed by atoms with Crippen molar-refractivity contribution >= 4 is 34.5 Å². The molecule has 1 aliphatic heterocycles. The maximum atomic E-state index is 12.6. The fourth-order valence-corrected chi connectivity index (χ4v) is 3.87. The Hall–Kier alpha value is -2.66. The highest BCUT2D eigenvalue weighted by molar-refractivity contribution is 8.04. The summed E-state index contributed by atoms with van der Waals surface area (Å²) in [5.74, 6) is 1.60. The zero-order valence-electron chi connectivity index (χ0n) is 13.3. The fourth-order valence-electron chi connectivity index (χ4n) is 2.80. The van der Waals surface area contributed by atoms with Crippen molar-refractivity contribution in [3.05, 3.63) is 58.6 Å². The van der Waals surface area contributed by atoms with Crippen LogP contribution < -0.4 is 9.47 Å². The molecule has 120 valence electrons. The fraction of sp³-hybridized carbons (Fsp3) is 0.105. The average Bonchev–Trinajstić information content (AvgIpc) is 3.16. The summed E-state index contributed by atoms with van der Waals surface area (Å²) in [6, 6.07) is 11.4. The number of aromatic amines is 1. The number of ether oxygens (including phenoxy) is 2. The van der Waals surface area contributed by atoms with Crippen LogP contribution in [-0.4, -0.2) is 25.0 Å². The van der Waals surface area contributed by atoms with Crippen LogP contribution in [-0.2, 0) is 0 Å². The number of hydrogen-bond donors (Lipinski definition) is 1. The number of carbonyl (C=O) groups is 1. The molecule has 4 nitrogen and oxygen atoms in total. The van der Waals surface area contributed by atoms with Crippen molar-refractivity contribution in [2.24, 2.45) is 0 Å². The zero-order chi connectivity index (χ0) is 16.7. The molecule has 24 heavy (non-hydrogen) atoms. The molecule has 0 atom stereocenters. The van der Waals surface area contributed by atoms with E-state index < -0.39 is 0 Å². The van der Waals surface area contributed by atoms with Crippen LogP contribution in [0.4, 0.5) is 0 Å². The van der Waals surface area contributed by atoms with Crippen LogP contribution in [0.15, 0.2) is 52.4 Å². The van der Waals surface area contributed by atoms with Gasteiger partial charge < -0.3 is 14.5 Å². The van der Waals surface area contributed by atoms with Gasteiger partial charge in [0.15, 0.2) is 0 Å². The number of benzene rings is 2. The molecule has 0 saturated carbocycles. The highest BCUT2D eigenvalue weighted by Crippen LogP contribution is 2.43. The average molecular weight is 337 g/mol. The van der Waals surface area contributed by atoms with Crippen molar-refractivity contribution < 1.29 is 14.3 Å². The topological polar surface area (TPSA) is 51.3 Å². The Kier molecular flexibility index (Phi) is 3.58. The Labute approximate surface area is 143 Å². The summed E-state index contributed by atoms with van der Waals surface area (Å²) in [6.45, 7) is 0. The second-order valence-electron chi connectivity index (χ2n) is 5.46. The van der Waals surface area contributed by atoms with Gasteiger partial charge in [-0.3, -0.25) is 4.79 Å². The molecule has 1 aromatic heterocycles. The SMILES string of the molecule is COc1ccc2c(c1)S/C(=C/c1c[nH]c3ccc(OC)cc13)C2=O. The van der Waals surface area contributed by atoms with E-state index in [0.29, 0.717) is 4.91 Å². The molecule has 2 heterocycles. The van der Waals surface area contributed by atoms with Gasteiger partial charge in [-0.25, -0.2) is 0 Å². The minimum Gasteiger partial charge on any atom is -0.497 e. The number of fused-ring (bicyclic) bond motifs is 2. The molecule has 0 unspecified atom stereocenters. The van der Waals surface area contributed by atoms with Crippen LogP contribution in [0, 0.1) is 0 Å². The third-order valence-corrected chi connectivity index (χ3v) is 5.17. The largest absolute Gasteiger partial charge is 0.497 e. The maximum absolute atomic E-state index is 12.6. The van der Waals surface area contributed by atoms with Crippen molar-refractivity contribution in [3.8, 4) is 11.5 Å². The van der Waals surface area contributed by atoms with E-state index in [0.717, 1.165) is 38.4 Å². The van der Waals surface area contributed by atoms with E-state index in [9.17, 15) is 4.79 Å². The third-order valence-electron chi connectivity index (χ3n) is 4.08. The Balaban J connectivity index is 1.76. The van der Waals surface area contributed by atoms with Crippen LogP contribution in [0.1, 0.15) is 15.9 Å². The number of thioether (sulfide) groups is 1. The molecule has 4 rings (SSSR count). The second kappa shape index (κ2) is 5.76. The van der Waals surface area contributed by atoms with Gasteiger partial charge in [-0.1, -0.05) is 11.8 Å². The van der Waals surface area contributed by atoms with Gasteiger partial charge in [0.25, 0.3) is 0 Å². The molecule has 1 aliphatic rings. The predicted molar refractivity (Wildman–Crippen MR) is 96.0 cm³/mol. The summed E-state index contributed by atoms with van der Waals surface area (Å²) in [5.41, 5.74) is 2.71. The van der Waals surface area contributed by atoms with E-state index in [2.05, 4.69) is 4.98 Å². The number of hydrogen-bond acceptors (Lipinski definition) is 4. The first kappa shape index (κ1) is 14.9. The number of ketones is 1. The van der Waals surface area contributed by atoms with E-state index in [-0.39, 0.29) is 5.78 Å². The van der Waals surface area contributed by atoms with Crippen LogP contribution in [0.25, 0.3) is 17.0 Å². The normalized spacial score (nSPS) is 15.1. The number of Topliss-reactive ketones (excluding diaryl/α,β-unsaturated/α-hetero) is 1. The minimum atomic E-state index is 0.0508. The van der Waals surface area contributed by atoms with Crippen LogP contribution in [0.2, 0.25) is 0 Å². The third kappa shape index (κ3) is 2.37. The van der Waals surface area contributed by atoms with E-state index in [1.54, 1.807) is 14.2 Å². The maximum Gasteiger partial charge on any atom is 0.200 e.